The predicted octanol–water partition coefficient (Wildman–Crippen LogP) is 4.50. The highest BCUT2D eigenvalue weighted by atomic mass is 35.5. The number of rotatable bonds is 5. The number of nitrogens with two attached hydrogens (primary N) is 1. The minimum absolute atomic E-state index is 0.428. The molecule has 20 heavy (non-hydrogen) atoms. The van der Waals surface area contributed by atoms with E-state index >= 15 is 0 Å². The van der Waals surface area contributed by atoms with E-state index < -0.39 is 0 Å². The van der Waals surface area contributed by atoms with Gasteiger partial charge in [0.25, 0.3) is 0 Å². The Bertz CT molecular complexity index is 605. The first kappa shape index (κ1) is 14.8. The molecule has 3 N–H and O–H groups in total. The Morgan fingerprint density at radius 2 is 2.00 bits per heavy atom. The van der Waals surface area contributed by atoms with E-state index in [4.69, 9.17) is 33.7 Å². The maximum Gasteiger partial charge on any atom is 0.239 e. The number of nitrogen functional groups attached to an aromatic ring is 1. The van der Waals surface area contributed by atoms with Crippen LogP contribution in [0.25, 0.3) is 0 Å². The van der Waals surface area contributed by atoms with Gasteiger partial charge in [-0.05, 0) is 36.8 Å². The average Bonchev–Trinajstić information content (AvgIpc) is 2.43. The number of ether oxygens (including phenoxy) is 1. The Morgan fingerprint density at radius 1 is 1.20 bits per heavy atom. The van der Waals surface area contributed by atoms with Crippen LogP contribution in [0.1, 0.15) is 13.3 Å². The third-order valence-corrected chi connectivity index (χ3v) is 3.26. The molecule has 0 bridgehead atoms. The molecule has 1 heterocycles. The Labute approximate surface area is 127 Å². The van der Waals surface area contributed by atoms with Gasteiger partial charge in [0, 0.05) is 5.69 Å². The van der Waals surface area contributed by atoms with Gasteiger partial charge in [-0.15, -0.1) is 0 Å². The molecule has 0 spiro atoms. The molecule has 0 radical (unpaired) electrons. The SMILES string of the molecule is CCCOc1nc(Nc2ccc(Cl)c(Cl)c2)ccc1N. The fourth-order valence-corrected chi connectivity index (χ4v) is 1.86. The number of halogens is 2. The number of aromatic nitrogens is 1. The van der Waals surface area contributed by atoms with Crippen molar-refractivity contribution in [2.45, 2.75) is 13.3 Å². The summed E-state index contributed by atoms with van der Waals surface area (Å²) in [5.41, 5.74) is 7.12. The Kier molecular flexibility index (Phi) is 4.93. The number of benzene rings is 1. The molecular weight excluding hydrogens is 297 g/mol. The summed E-state index contributed by atoms with van der Waals surface area (Å²) in [6, 6.07) is 8.79. The van der Waals surface area contributed by atoms with Crippen LogP contribution in [0.5, 0.6) is 5.88 Å². The van der Waals surface area contributed by atoms with E-state index in [9.17, 15) is 0 Å². The number of nitrogens with one attached hydrogen (secondary N) is 1. The second-order valence-corrected chi connectivity index (χ2v) is 5.01. The van der Waals surface area contributed by atoms with Crippen molar-refractivity contribution in [3.05, 3.63) is 40.4 Å². The van der Waals surface area contributed by atoms with Gasteiger partial charge >= 0.3 is 0 Å². The lowest BCUT2D eigenvalue weighted by atomic mass is 10.3. The summed E-state index contributed by atoms with van der Waals surface area (Å²) in [5, 5.41) is 4.12. The van der Waals surface area contributed by atoms with Gasteiger partial charge in [0.05, 0.1) is 22.3 Å². The van der Waals surface area contributed by atoms with Crippen molar-refractivity contribution in [2.75, 3.05) is 17.7 Å². The van der Waals surface area contributed by atoms with Crippen LogP contribution in [0, 0.1) is 0 Å². The molecule has 4 nitrogen and oxygen atoms in total. The highest BCUT2D eigenvalue weighted by molar-refractivity contribution is 6.42. The number of hydrogen-bond acceptors (Lipinski definition) is 4. The summed E-state index contributed by atoms with van der Waals surface area (Å²) in [5.74, 6) is 1.06. The molecule has 0 atom stereocenters. The maximum atomic E-state index is 5.97. The third kappa shape index (κ3) is 3.68. The Hall–Kier alpha value is -1.65. The number of nitrogens with zero attached hydrogens (tertiary/aromatic N) is 1. The molecule has 0 aliphatic heterocycles. The summed E-state index contributed by atoms with van der Waals surface area (Å²) in [4.78, 5) is 4.32. The van der Waals surface area contributed by atoms with Crippen LogP contribution in [0.4, 0.5) is 17.2 Å². The first-order chi connectivity index (χ1) is 9.60. The smallest absolute Gasteiger partial charge is 0.239 e. The standard InChI is InChI=1S/C14H15Cl2N3O/c1-2-7-20-14-12(17)5-6-13(19-14)18-9-3-4-10(15)11(16)8-9/h3-6,8H,2,7,17H2,1H3,(H,18,19). The van der Waals surface area contributed by atoms with Gasteiger partial charge in [-0.25, -0.2) is 0 Å². The van der Waals surface area contributed by atoms with Crippen molar-refractivity contribution in [1.29, 1.82) is 0 Å². The molecule has 0 aliphatic rings. The molecule has 0 saturated carbocycles. The molecule has 1 aromatic heterocycles. The van der Waals surface area contributed by atoms with Crippen LogP contribution in [-0.4, -0.2) is 11.6 Å². The van der Waals surface area contributed by atoms with E-state index in [0.717, 1.165) is 12.1 Å². The van der Waals surface area contributed by atoms with Gasteiger partial charge in [-0.2, -0.15) is 4.98 Å². The Morgan fingerprint density at radius 3 is 2.70 bits per heavy atom. The molecular formula is C14H15Cl2N3O. The van der Waals surface area contributed by atoms with E-state index in [0.29, 0.717) is 34.0 Å². The first-order valence-corrected chi connectivity index (χ1v) is 6.97. The van der Waals surface area contributed by atoms with Crippen LogP contribution in [0.2, 0.25) is 10.0 Å². The van der Waals surface area contributed by atoms with Gasteiger partial charge in [0.2, 0.25) is 5.88 Å². The van der Waals surface area contributed by atoms with Crippen molar-refractivity contribution in [3.63, 3.8) is 0 Å². The zero-order valence-electron chi connectivity index (χ0n) is 11.0. The molecule has 6 heteroatoms. The van der Waals surface area contributed by atoms with E-state index in [1.54, 1.807) is 24.3 Å². The maximum absolute atomic E-state index is 5.97. The van der Waals surface area contributed by atoms with E-state index in [-0.39, 0.29) is 0 Å². The number of anilines is 3. The second kappa shape index (κ2) is 6.68. The molecule has 106 valence electrons. The van der Waals surface area contributed by atoms with E-state index in [1.807, 2.05) is 13.0 Å². The largest absolute Gasteiger partial charge is 0.476 e. The Balaban J connectivity index is 2.18. The summed E-state index contributed by atoms with van der Waals surface area (Å²) in [7, 11) is 0. The van der Waals surface area contributed by atoms with Crippen LogP contribution >= 0.6 is 23.2 Å². The number of hydrogen-bond donors (Lipinski definition) is 2. The minimum Gasteiger partial charge on any atom is -0.476 e. The fourth-order valence-electron chi connectivity index (χ4n) is 1.56. The monoisotopic (exact) mass is 311 g/mol. The first-order valence-electron chi connectivity index (χ1n) is 6.21. The highest BCUT2D eigenvalue weighted by Gasteiger charge is 2.05. The lowest BCUT2D eigenvalue weighted by molar-refractivity contribution is 0.307. The van der Waals surface area contributed by atoms with Crippen molar-refractivity contribution >= 4 is 40.4 Å². The second-order valence-electron chi connectivity index (χ2n) is 4.19. The van der Waals surface area contributed by atoms with E-state index in [2.05, 4.69) is 10.3 Å². The van der Waals surface area contributed by atoms with Gasteiger partial charge < -0.3 is 15.8 Å². The van der Waals surface area contributed by atoms with Crippen LogP contribution in [-0.2, 0) is 0 Å². The lowest BCUT2D eigenvalue weighted by Crippen LogP contribution is -2.03. The quantitative estimate of drug-likeness (QED) is 0.853. The van der Waals surface area contributed by atoms with Crippen molar-refractivity contribution < 1.29 is 4.74 Å². The van der Waals surface area contributed by atoms with Crippen LogP contribution in [0.3, 0.4) is 0 Å². The molecule has 2 aromatic rings. The molecule has 0 unspecified atom stereocenters. The van der Waals surface area contributed by atoms with Gasteiger partial charge in [0.15, 0.2) is 0 Å². The summed E-state index contributed by atoms with van der Waals surface area (Å²) < 4.78 is 5.48. The third-order valence-electron chi connectivity index (χ3n) is 2.52. The molecule has 0 aliphatic carbocycles. The molecule has 1 aromatic carbocycles. The number of pyridine rings is 1. The van der Waals surface area contributed by atoms with Crippen molar-refractivity contribution in [3.8, 4) is 5.88 Å². The summed E-state index contributed by atoms with van der Waals surface area (Å²) in [6.45, 7) is 2.60. The minimum atomic E-state index is 0.428. The zero-order valence-corrected chi connectivity index (χ0v) is 12.5. The average molecular weight is 312 g/mol. The zero-order chi connectivity index (χ0) is 14.5. The van der Waals surface area contributed by atoms with Crippen LogP contribution in [0.15, 0.2) is 30.3 Å². The lowest BCUT2D eigenvalue weighted by Gasteiger charge is -2.10. The van der Waals surface area contributed by atoms with Gasteiger partial charge in [-0.3, -0.25) is 0 Å². The van der Waals surface area contributed by atoms with E-state index in [1.165, 1.54) is 0 Å². The summed E-state index contributed by atoms with van der Waals surface area (Å²) >= 11 is 11.8. The molecule has 0 saturated heterocycles. The fraction of sp³-hybridized carbons (Fsp3) is 0.214. The van der Waals surface area contributed by atoms with Gasteiger partial charge in [-0.1, -0.05) is 30.1 Å². The molecule has 2 rings (SSSR count). The van der Waals surface area contributed by atoms with Gasteiger partial charge in [0.1, 0.15) is 5.82 Å². The normalized spacial score (nSPS) is 10.3. The predicted molar refractivity (Wildman–Crippen MR) is 84.2 cm³/mol. The van der Waals surface area contributed by atoms with Crippen molar-refractivity contribution in [2.24, 2.45) is 0 Å². The summed E-state index contributed by atoms with van der Waals surface area (Å²) in [6.07, 6.45) is 0.894. The van der Waals surface area contributed by atoms with Crippen LogP contribution < -0.4 is 15.8 Å². The van der Waals surface area contributed by atoms with Crippen molar-refractivity contribution in [1.82, 2.24) is 4.98 Å². The topological polar surface area (TPSA) is 60.2 Å². The highest BCUT2D eigenvalue weighted by Crippen LogP contribution is 2.28. The molecule has 0 amide bonds. The molecule has 0 fully saturated rings.